The number of methoxy groups -OCH3 is 1. The van der Waals surface area contributed by atoms with E-state index in [0.717, 1.165) is 0 Å². The van der Waals surface area contributed by atoms with Gasteiger partial charge >= 0.3 is 0 Å². The van der Waals surface area contributed by atoms with Crippen LogP contribution in [0.1, 0.15) is 12.5 Å². The van der Waals surface area contributed by atoms with Crippen LogP contribution in [-0.4, -0.2) is 39.5 Å². The molecule has 0 spiro atoms. The van der Waals surface area contributed by atoms with E-state index < -0.39 is 21.4 Å². The molecule has 1 atom stereocenters. The molecule has 2 N–H and O–H groups in total. The highest BCUT2D eigenvalue weighted by Gasteiger charge is 2.25. The number of hydrogen-bond acceptors (Lipinski definition) is 4. The van der Waals surface area contributed by atoms with E-state index >= 15 is 0 Å². The summed E-state index contributed by atoms with van der Waals surface area (Å²) in [6, 6.07) is 5.25. The van der Waals surface area contributed by atoms with Gasteiger partial charge in [-0.3, -0.25) is 0 Å². The molecule has 0 aromatic heterocycles. The van der Waals surface area contributed by atoms with Crippen molar-refractivity contribution in [3.63, 3.8) is 0 Å². The molecule has 0 bridgehead atoms. The van der Waals surface area contributed by atoms with Gasteiger partial charge in [0.1, 0.15) is 11.4 Å². The Kier molecular flexibility index (Phi) is 5.42. The number of sulfonamides is 1. The SMILES string of the molecule is COCCS(=O)(=O)NCC(C)(O)c1ccc(F)cc1. The average Bonchev–Trinajstić information content (AvgIpc) is 2.35. The molecule has 0 radical (unpaired) electrons. The van der Waals surface area contributed by atoms with Crippen LogP contribution < -0.4 is 4.72 Å². The number of halogens is 1. The van der Waals surface area contributed by atoms with E-state index in [-0.39, 0.29) is 18.9 Å². The summed E-state index contributed by atoms with van der Waals surface area (Å²) in [7, 11) is -2.10. The molecule has 1 rings (SSSR count). The number of aliphatic hydroxyl groups is 1. The predicted molar refractivity (Wildman–Crippen MR) is 69.6 cm³/mol. The second-order valence-electron chi connectivity index (χ2n) is 4.41. The van der Waals surface area contributed by atoms with Gasteiger partial charge in [-0.25, -0.2) is 17.5 Å². The minimum atomic E-state index is -3.50. The second kappa shape index (κ2) is 6.42. The average molecular weight is 291 g/mol. The molecule has 1 aromatic carbocycles. The van der Waals surface area contributed by atoms with Crippen LogP contribution in [0.4, 0.5) is 4.39 Å². The van der Waals surface area contributed by atoms with Crippen LogP contribution in [0, 0.1) is 5.82 Å². The first-order valence-corrected chi connectivity index (χ1v) is 7.37. The third kappa shape index (κ3) is 5.23. The first kappa shape index (κ1) is 16.0. The Morgan fingerprint density at radius 2 is 1.95 bits per heavy atom. The van der Waals surface area contributed by atoms with Crippen molar-refractivity contribution in [2.45, 2.75) is 12.5 Å². The summed E-state index contributed by atoms with van der Waals surface area (Å²) < 4.78 is 42.9. The monoisotopic (exact) mass is 291 g/mol. The summed E-state index contributed by atoms with van der Waals surface area (Å²) in [5, 5.41) is 10.2. The zero-order valence-electron chi connectivity index (χ0n) is 10.9. The van der Waals surface area contributed by atoms with Crippen molar-refractivity contribution in [3.8, 4) is 0 Å². The van der Waals surface area contributed by atoms with Crippen molar-refractivity contribution in [2.75, 3.05) is 26.0 Å². The summed E-state index contributed by atoms with van der Waals surface area (Å²) in [6.45, 7) is 1.35. The van der Waals surface area contributed by atoms with E-state index in [0.29, 0.717) is 5.56 Å². The maximum absolute atomic E-state index is 12.8. The van der Waals surface area contributed by atoms with Crippen molar-refractivity contribution in [2.24, 2.45) is 0 Å². The second-order valence-corrected chi connectivity index (χ2v) is 6.34. The van der Waals surface area contributed by atoms with Gasteiger partial charge < -0.3 is 9.84 Å². The van der Waals surface area contributed by atoms with Crippen LogP contribution in [0.2, 0.25) is 0 Å². The van der Waals surface area contributed by atoms with Crippen LogP contribution >= 0.6 is 0 Å². The molecule has 0 fully saturated rings. The molecule has 0 amide bonds. The Bertz CT molecular complexity index is 499. The van der Waals surface area contributed by atoms with Gasteiger partial charge in [-0.1, -0.05) is 12.1 Å². The van der Waals surface area contributed by atoms with Crippen LogP contribution in [0.3, 0.4) is 0 Å². The van der Waals surface area contributed by atoms with E-state index in [2.05, 4.69) is 9.46 Å². The van der Waals surface area contributed by atoms with Gasteiger partial charge in [0.25, 0.3) is 0 Å². The van der Waals surface area contributed by atoms with Crippen molar-refractivity contribution < 1.29 is 22.7 Å². The fourth-order valence-electron chi connectivity index (χ4n) is 1.43. The lowest BCUT2D eigenvalue weighted by Gasteiger charge is -2.24. The molecule has 0 saturated heterocycles. The third-order valence-corrected chi connectivity index (χ3v) is 3.95. The Balaban J connectivity index is 2.67. The van der Waals surface area contributed by atoms with E-state index in [4.69, 9.17) is 0 Å². The van der Waals surface area contributed by atoms with Gasteiger partial charge in [-0.2, -0.15) is 0 Å². The maximum atomic E-state index is 12.8. The van der Waals surface area contributed by atoms with Gasteiger partial charge in [0.15, 0.2) is 0 Å². The maximum Gasteiger partial charge on any atom is 0.213 e. The van der Waals surface area contributed by atoms with Crippen LogP contribution in [0.15, 0.2) is 24.3 Å². The third-order valence-electron chi connectivity index (χ3n) is 2.66. The molecule has 7 heteroatoms. The molecule has 5 nitrogen and oxygen atoms in total. The Labute approximate surface area is 112 Å². The number of rotatable bonds is 7. The molecular formula is C12H18FNO4S. The summed E-state index contributed by atoms with van der Waals surface area (Å²) in [5.74, 6) is -0.594. The Morgan fingerprint density at radius 3 is 2.47 bits per heavy atom. The van der Waals surface area contributed by atoms with Crippen molar-refractivity contribution in [1.82, 2.24) is 4.72 Å². The van der Waals surface area contributed by atoms with Crippen LogP contribution in [0.25, 0.3) is 0 Å². The topological polar surface area (TPSA) is 75.6 Å². The van der Waals surface area contributed by atoms with E-state index in [1.165, 1.54) is 38.3 Å². The molecule has 0 aliphatic heterocycles. The Morgan fingerprint density at radius 1 is 1.37 bits per heavy atom. The largest absolute Gasteiger partial charge is 0.384 e. The quantitative estimate of drug-likeness (QED) is 0.771. The smallest absolute Gasteiger partial charge is 0.213 e. The first-order valence-electron chi connectivity index (χ1n) is 5.71. The summed E-state index contributed by atoms with van der Waals surface area (Å²) in [5.41, 5.74) is -0.975. The zero-order chi connectivity index (χ0) is 14.5. The molecule has 1 unspecified atom stereocenters. The van der Waals surface area contributed by atoms with Gasteiger partial charge in [0.05, 0.1) is 12.4 Å². The van der Waals surface area contributed by atoms with Gasteiger partial charge in [0.2, 0.25) is 10.0 Å². The van der Waals surface area contributed by atoms with Crippen molar-refractivity contribution in [3.05, 3.63) is 35.6 Å². The summed E-state index contributed by atoms with van der Waals surface area (Å²) in [4.78, 5) is 0. The van der Waals surface area contributed by atoms with Gasteiger partial charge in [-0.15, -0.1) is 0 Å². The molecule has 0 aliphatic carbocycles. The lowest BCUT2D eigenvalue weighted by atomic mass is 9.96. The van der Waals surface area contributed by atoms with Gasteiger partial charge in [-0.05, 0) is 24.6 Å². The number of nitrogens with one attached hydrogen (secondary N) is 1. The summed E-state index contributed by atoms with van der Waals surface area (Å²) in [6.07, 6.45) is 0. The highest BCUT2D eigenvalue weighted by Crippen LogP contribution is 2.20. The van der Waals surface area contributed by atoms with E-state index in [9.17, 15) is 17.9 Å². The molecule has 19 heavy (non-hydrogen) atoms. The fourth-order valence-corrected chi connectivity index (χ4v) is 2.46. The Hall–Kier alpha value is -1.02. The van der Waals surface area contributed by atoms with E-state index in [1.54, 1.807) is 0 Å². The standard InChI is InChI=1S/C12H18FNO4S/c1-12(15,10-3-5-11(13)6-4-10)9-14-19(16,17)8-7-18-2/h3-6,14-15H,7-9H2,1-2H3. The first-order chi connectivity index (χ1) is 8.77. The van der Waals surface area contributed by atoms with Gasteiger partial charge in [0, 0.05) is 13.7 Å². The number of hydrogen-bond donors (Lipinski definition) is 2. The molecule has 1 aromatic rings. The van der Waals surface area contributed by atoms with Crippen molar-refractivity contribution >= 4 is 10.0 Å². The molecule has 108 valence electrons. The van der Waals surface area contributed by atoms with Crippen LogP contribution in [-0.2, 0) is 20.4 Å². The normalized spacial score (nSPS) is 15.2. The highest BCUT2D eigenvalue weighted by atomic mass is 32.2. The molecule has 0 aliphatic rings. The summed E-state index contributed by atoms with van der Waals surface area (Å²) >= 11 is 0. The van der Waals surface area contributed by atoms with E-state index in [1.807, 2.05) is 0 Å². The highest BCUT2D eigenvalue weighted by molar-refractivity contribution is 7.89. The van der Waals surface area contributed by atoms with Crippen molar-refractivity contribution in [1.29, 1.82) is 0 Å². The number of ether oxygens (including phenoxy) is 1. The molecular weight excluding hydrogens is 273 g/mol. The lowest BCUT2D eigenvalue weighted by molar-refractivity contribution is 0.0626. The minimum absolute atomic E-state index is 0.0774. The molecule has 0 saturated carbocycles. The number of benzene rings is 1. The predicted octanol–water partition coefficient (Wildman–Crippen LogP) is 0.599. The molecule has 0 heterocycles. The minimum Gasteiger partial charge on any atom is -0.384 e. The van der Waals surface area contributed by atoms with Crippen LogP contribution in [0.5, 0.6) is 0 Å². The fraction of sp³-hybridized carbons (Fsp3) is 0.500. The lowest BCUT2D eigenvalue weighted by Crippen LogP contribution is -2.40. The zero-order valence-corrected chi connectivity index (χ0v) is 11.7.